The zero-order chi connectivity index (χ0) is 19.8. The van der Waals surface area contributed by atoms with Gasteiger partial charge in [-0.25, -0.2) is 4.98 Å². The minimum atomic E-state index is 0. The fourth-order valence-corrected chi connectivity index (χ4v) is 4.77. The van der Waals surface area contributed by atoms with Gasteiger partial charge in [-0.3, -0.25) is 4.79 Å². The molecule has 8 heteroatoms. The van der Waals surface area contributed by atoms with Crippen LogP contribution in [-0.2, 0) is 0 Å². The Morgan fingerprint density at radius 2 is 1.81 bits per heavy atom. The van der Waals surface area contributed by atoms with Gasteiger partial charge < -0.3 is 19.9 Å². The lowest BCUT2D eigenvalue weighted by Gasteiger charge is -2.28. The number of fused-ring (bicyclic) bond motifs is 1. The van der Waals surface area contributed by atoms with E-state index in [2.05, 4.69) is 27.4 Å². The van der Waals surface area contributed by atoms with Crippen molar-refractivity contribution in [2.45, 2.75) is 6.04 Å². The maximum absolute atomic E-state index is 13.6. The maximum atomic E-state index is 13.6. The van der Waals surface area contributed by atoms with Gasteiger partial charge in [0.05, 0.1) is 19.5 Å². The molecule has 3 atom stereocenters. The van der Waals surface area contributed by atoms with Gasteiger partial charge in [0.25, 0.3) is 5.91 Å². The first-order valence-corrected chi connectivity index (χ1v) is 10.0. The van der Waals surface area contributed by atoms with Crippen LogP contribution in [0.2, 0.25) is 0 Å². The van der Waals surface area contributed by atoms with E-state index in [4.69, 9.17) is 4.74 Å². The number of carbonyl (C=O) groups is 1. The molecule has 2 saturated heterocycles. The number of amides is 1. The fourth-order valence-electron chi connectivity index (χ4n) is 4.77. The molecule has 0 radical (unpaired) electrons. The van der Waals surface area contributed by atoms with Crippen LogP contribution in [0.25, 0.3) is 11.3 Å². The number of H-pyrrole nitrogens is 1. The van der Waals surface area contributed by atoms with Crippen LogP contribution in [0.1, 0.15) is 22.1 Å². The molecule has 2 N–H and O–H groups in total. The van der Waals surface area contributed by atoms with E-state index in [-0.39, 0.29) is 36.8 Å². The summed E-state index contributed by atoms with van der Waals surface area (Å²) in [4.78, 5) is 23.2. The molecule has 5 rings (SSSR count). The molecular weight excluding hydrogens is 435 g/mol. The zero-order valence-electron chi connectivity index (χ0n) is 17.2. The number of methoxy groups -OCH3 is 1. The van der Waals surface area contributed by atoms with Gasteiger partial charge in [-0.05, 0) is 23.6 Å². The second-order valence-electron chi connectivity index (χ2n) is 7.75. The molecule has 31 heavy (non-hydrogen) atoms. The zero-order valence-corrected chi connectivity index (χ0v) is 18.8. The van der Waals surface area contributed by atoms with Crippen LogP contribution in [-0.4, -0.2) is 47.5 Å². The lowest BCUT2D eigenvalue weighted by Crippen LogP contribution is -2.35. The molecule has 2 aromatic carbocycles. The summed E-state index contributed by atoms with van der Waals surface area (Å²) >= 11 is 0. The van der Waals surface area contributed by atoms with Gasteiger partial charge >= 0.3 is 0 Å². The number of ether oxygens (including phenoxy) is 1. The molecular formula is C23H26Cl2N4O2. The lowest BCUT2D eigenvalue weighted by atomic mass is 9.89. The first kappa shape index (κ1) is 23.1. The molecule has 2 aliphatic heterocycles. The molecule has 2 aliphatic rings. The van der Waals surface area contributed by atoms with Gasteiger partial charge in [0.15, 0.2) is 0 Å². The number of carbonyl (C=O) groups excluding carboxylic acids is 1. The van der Waals surface area contributed by atoms with Crippen molar-refractivity contribution in [2.75, 3.05) is 26.7 Å². The van der Waals surface area contributed by atoms with E-state index in [1.54, 1.807) is 13.4 Å². The summed E-state index contributed by atoms with van der Waals surface area (Å²) in [6, 6.07) is 18.0. The van der Waals surface area contributed by atoms with Crippen molar-refractivity contribution in [3.8, 4) is 17.0 Å². The third-order valence-electron chi connectivity index (χ3n) is 6.18. The van der Waals surface area contributed by atoms with E-state index in [0.29, 0.717) is 23.2 Å². The van der Waals surface area contributed by atoms with E-state index in [1.165, 1.54) is 0 Å². The Morgan fingerprint density at radius 1 is 1.06 bits per heavy atom. The van der Waals surface area contributed by atoms with Crippen molar-refractivity contribution in [1.29, 1.82) is 0 Å². The molecule has 0 aliphatic carbocycles. The van der Waals surface area contributed by atoms with Crippen LogP contribution >= 0.6 is 24.8 Å². The number of halogens is 2. The number of benzene rings is 2. The van der Waals surface area contributed by atoms with Crippen molar-refractivity contribution in [1.82, 2.24) is 20.2 Å². The molecule has 6 nitrogen and oxygen atoms in total. The maximum Gasteiger partial charge on any atom is 0.273 e. The summed E-state index contributed by atoms with van der Waals surface area (Å²) < 4.78 is 5.31. The number of hydrogen-bond donors (Lipinski definition) is 2. The summed E-state index contributed by atoms with van der Waals surface area (Å²) in [6.07, 6.45) is 1.61. The highest BCUT2D eigenvalue weighted by Gasteiger charge is 2.47. The Balaban J connectivity index is 0.00000136. The van der Waals surface area contributed by atoms with Crippen molar-refractivity contribution in [3.05, 3.63) is 72.2 Å². The van der Waals surface area contributed by atoms with Crippen molar-refractivity contribution >= 4 is 30.7 Å². The van der Waals surface area contributed by atoms with Crippen LogP contribution in [0, 0.1) is 11.8 Å². The molecule has 2 fully saturated rings. The van der Waals surface area contributed by atoms with Gasteiger partial charge in [-0.2, -0.15) is 0 Å². The molecule has 1 aromatic heterocycles. The lowest BCUT2D eigenvalue weighted by molar-refractivity contribution is 0.0709. The van der Waals surface area contributed by atoms with Gasteiger partial charge in [-0.1, -0.05) is 42.5 Å². The molecule has 0 saturated carbocycles. The fraction of sp³-hybridized carbons (Fsp3) is 0.304. The summed E-state index contributed by atoms with van der Waals surface area (Å²) in [7, 11) is 1.67. The van der Waals surface area contributed by atoms with Crippen molar-refractivity contribution in [3.63, 3.8) is 0 Å². The number of rotatable bonds is 4. The third-order valence-corrected chi connectivity index (χ3v) is 6.18. The predicted molar refractivity (Wildman–Crippen MR) is 125 cm³/mol. The average molecular weight is 461 g/mol. The van der Waals surface area contributed by atoms with Crippen LogP contribution < -0.4 is 10.1 Å². The predicted octanol–water partition coefficient (Wildman–Crippen LogP) is 3.96. The Morgan fingerprint density at radius 3 is 2.52 bits per heavy atom. The average Bonchev–Trinajstić information content (AvgIpc) is 3.50. The van der Waals surface area contributed by atoms with Crippen LogP contribution in [0.3, 0.4) is 0 Å². The molecule has 0 bridgehead atoms. The van der Waals surface area contributed by atoms with Crippen LogP contribution in [0.4, 0.5) is 0 Å². The minimum Gasteiger partial charge on any atom is -0.497 e. The number of likely N-dealkylation sites (tertiary alicyclic amines) is 1. The number of aromatic nitrogens is 2. The topological polar surface area (TPSA) is 70.2 Å². The van der Waals surface area contributed by atoms with Gasteiger partial charge in [0.1, 0.15) is 17.1 Å². The first-order valence-electron chi connectivity index (χ1n) is 10.0. The van der Waals surface area contributed by atoms with Crippen LogP contribution in [0.5, 0.6) is 5.75 Å². The molecule has 3 aromatic rings. The summed E-state index contributed by atoms with van der Waals surface area (Å²) in [5.41, 5.74) is 3.36. The number of nitrogens with zero attached hydrogens (tertiary/aromatic N) is 2. The smallest absolute Gasteiger partial charge is 0.273 e. The molecule has 1 amide bonds. The highest BCUT2D eigenvalue weighted by molar-refractivity contribution is 5.98. The third kappa shape index (κ3) is 4.15. The van der Waals surface area contributed by atoms with Gasteiger partial charge in [0.2, 0.25) is 0 Å². The second-order valence-corrected chi connectivity index (χ2v) is 7.75. The summed E-state index contributed by atoms with van der Waals surface area (Å²) in [5, 5.41) is 3.50. The van der Waals surface area contributed by atoms with Crippen molar-refractivity contribution < 1.29 is 9.53 Å². The SMILES string of the molecule is COc1ccc([C@@H]2[C@H]3CNC[C@H]3CN2C(=O)c2[nH]cnc2-c2ccccc2)cc1.Cl.Cl. The minimum absolute atomic E-state index is 0. The normalized spacial score (nSPS) is 21.7. The summed E-state index contributed by atoms with van der Waals surface area (Å²) in [5.74, 6) is 1.71. The first-order chi connectivity index (χ1) is 14.3. The number of nitrogens with one attached hydrogen (secondary N) is 2. The Bertz CT molecular complexity index is 1010. The molecule has 164 valence electrons. The number of aromatic amines is 1. The van der Waals surface area contributed by atoms with Crippen molar-refractivity contribution in [2.24, 2.45) is 11.8 Å². The van der Waals surface area contributed by atoms with Gasteiger partial charge in [0, 0.05) is 31.1 Å². The molecule has 0 unspecified atom stereocenters. The monoisotopic (exact) mass is 460 g/mol. The molecule has 3 heterocycles. The number of imidazole rings is 1. The van der Waals surface area contributed by atoms with Gasteiger partial charge in [-0.15, -0.1) is 24.8 Å². The Hall–Kier alpha value is -2.54. The Labute approximate surface area is 194 Å². The molecule has 0 spiro atoms. The highest BCUT2D eigenvalue weighted by Crippen LogP contribution is 2.43. The quantitative estimate of drug-likeness (QED) is 0.617. The van der Waals surface area contributed by atoms with E-state index >= 15 is 0 Å². The standard InChI is InChI=1S/C23H24N4O2.2ClH/c1-29-18-9-7-16(8-10-18)22-19-12-24-11-17(19)13-27(22)23(28)21-20(25-14-26-21)15-5-3-2-4-6-15;;/h2-10,14,17,19,22,24H,11-13H2,1H3,(H,25,26);2*1H/t17-,19-,22+;;/m0../s1. The highest BCUT2D eigenvalue weighted by atomic mass is 35.5. The van der Waals surface area contributed by atoms with E-state index in [9.17, 15) is 4.79 Å². The second kappa shape index (κ2) is 9.73. The van der Waals surface area contributed by atoms with E-state index in [1.807, 2.05) is 47.4 Å². The summed E-state index contributed by atoms with van der Waals surface area (Å²) in [6.45, 7) is 2.63. The van der Waals surface area contributed by atoms with E-state index < -0.39 is 0 Å². The largest absolute Gasteiger partial charge is 0.497 e. The Kier molecular flexibility index (Phi) is 7.26. The van der Waals surface area contributed by atoms with Crippen LogP contribution in [0.15, 0.2) is 60.9 Å². The van der Waals surface area contributed by atoms with E-state index in [0.717, 1.165) is 36.5 Å². The number of hydrogen-bond acceptors (Lipinski definition) is 4.